The third kappa shape index (κ3) is 4.53. The van der Waals surface area contributed by atoms with Crippen LogP contribution in [-0.4, -0.2) is 61.0 Å². The Hall–Kier alpha value is -1.98. The zero-order valence-corrected chi connectivity index (χ0v) is 16.3. The van der Waals surface area contributed by atoms with E-state index in [1.165, 1.54) is 13.4 Å². The van der Waals surface area contributed by atoms with Gasteiger partial charge in [-0.3, -0.25) is 4.57 Å². The lowest BCUT2D eigenvalue weighted by atomic mass is 10.2. The molecule has 3 heterocycles. The fourth-order valence-electron chi connectivity index (χ4n) is 2.71. The molecule has 0 bridgehead atoms. The number of hydrogen-bond acceptors (Lipinski definition) is 8. The van der Waals surface area contributed by atoms with Crippen LogP contribution in [0.15, 0.2) is 18.3 Å². The summed E-state index contributed by atoms with van der Waals surface area (Å²) in [5, 5.41) is 2.56. The molecule has 14 heteroatoms. The average molecular weight is 437 g/mol. The van der Waals surface area contributed by atoms with Crippen molar-refractivity contribution in [2.75, 3.05) is 19.3 Å². The molecule has 2 aromatic rings. The summed E-state index contributed by atoms with van der Waals surface area (Å²) in [4.78, 5) is 30.5. The third-order valence-corrected chi connectivity index (χ3v) is 5.28. The van der Waals surface area contributed by atoms with E-state index < -0.39 is 25.7 Å². The van der Waals surface area contributed by atoms with Crippen LogP contribution in [0, 0.1) is 0 Å². The summed E-state index contributed by atoms with van der Waals surface area (Å²) >= 11 is 5.81. The Morgan fingerprint density at radius 3 is 3.04 bits per heavy atom. The van der Waals surface area contributed by atoms with Crippen molar-refractivity contribution in [2.24, 2.45) is 0 Å². The van der Waals surface area contributed by atoms with Crippen LogP contribution in [0.5, 0.6) is 0 Å². The van der Waals surface area contributed by atoms with E-state index in [1.807, 2.05) is 0 Å². The Morgan fingerprint density at radius 2 is 2.36 bits per heavy atom. The van der Waals surface area contributed by atoms with E-state index in [-0.39, 0.29) is 36.4 Å². The van der Waals surface area contributed by atoms with E-state index in [0.29, 0.717) is 11.2 Å². The molecular weight excluding hydrogens is 418 g/mol. The summed E-state index contributed by atoms with van der Waals surface area (Å²) in [6.45, 7) is -0.0142. The highest BCUT2D eigenvalue weighted by atomic mass is 35.5. The molecule has 0 amide bonds. The van der Waals surface area contributed by atoms with Crippen LogP contribution < -0.4 is 11.1 Å². The number of nitrogens with zero attached hydrogens (tertiary/aromatic N) is 4. The van der Waals surface area contributed by atoms with Gasteiger partial charge in [-0.25, -0.2) is 9.37 Å². The SMILES string of the molecule is CNC[C@@H](O/C=C1\C[C@H](F)[C@H](Cn2cnc3c(N)nc(Cl)nc32)O1)P(=O)(O)O. The smallest absolute Gasteiger partial charge is 0.367 e. The second-order valence-corrected chi connectivity index (χ2v) is 8.24. The first-order chi connectivity index (χ1) is 13.2. The summed E-state index contributed by atoms with van der Waals surface area (Å²) in [6, 6.07) is 0. The van der Waals surface area contributed by atoms with Gasteiger partial charge in [-0.05, 0) is 18.6 Å². The highest BCUT2D eigenvalue weighted by Gasteiger charge is 2.35. The lowest BCUT2D eigenvalue weighted by Crippen LogP contribution is -2.25. The molecule has 28 heavy (non-hydrogen) atoms. The van der Waals surface area contributed by atoms with Gasteiger partial charge in [-0.2, -0.15) is 9.97 Å². The molecule has 154 valence electrons. The van der Waals surface area contributed by atoms with E-state index in [4.69, 9.17) is 26.8 Å². The molecule has 11 nitrogen and oxygen atoms in total. The first-order valence-electron chi connectivity index (χ1n) is 8.18. The van der Waals surface area contributed by atoms with Crippen molar-refractivity contribution in [3.05, 3.63) is 23.6 Å². The molecule has 0 radical (unpaired) electrons. The zero-order valence-electron chi connectivity index (χ0n) is 14.7. The molecule has 3 rings (SSSR count). The number of aromatic nitrogens is 4. The Kier molecular flexibility index (Phi) is 6.06. The maximum Gasteiger partial charge on any atom is 0.367 e. The Balaban J connectivity index is 1.71. The molecule has 1 aliphatic rings. The van der Waals surface area contributed by atoms with Crippen molar-refractivity contribution < 1.29 is 28.2 Å². The number of imidazole rings is 1. The molecule has 1 fully saturated rings. The number of hydrogen-bond donors (Lipinski definition) is 4. The second kappa shape index (κ2) is 8.18. The molecular formula is C14H19ClFN6O5P. The number of alkyl halides is 1. The molecule has 2 aromatic heterocycles. The molecule has 0 saturated carbocycles. The number of rotatable bonds is 7. The molecule has 5 N–H and O–H groups in total. The quantitative estimate of drug-likeness (QED) is 0.277. The predicted octanol–water partition coefficient (Wildman–Crippen LogP) is 0.770. The molecule has 1 saturated heterocycles. The largest absolute Gasteiger partial charge is 0.487 e. The van der Waals surface area contributed by atoms with Gasteiger partial charge in [0.05, 0.1) is 12.9 Å². The third-order valence-electron chi connectivity index (χ3n) is 4.05. The number of fused-ring (bicyclic) bond motifs is 1. The monoisotopic (exact) mass is 436 g/mol. The summed E-state index contributed by atoms with van der Waals surface area (Å²) in [6.07, 6.45) is 0.135. The predicted molar refractivity (Wildman–Crippen MR) is 98.1 cm³/mol. The van der Waals surface area contributed by atoms with Gasteiger partial charge in [-0.15, -0.1) is 0 Å². The molecule has 0 aliphatic carbocycles. The number of nitrogen functional groups attached to an aromatic ring is 1. The standard InChI is InChI=1S/C14H19ClFN6O5P/c1-18-3-10(28(23,24)25)26-5-7-2-8(16)9(27-7)4-22-6-19-11-12(17)20-14(15)21-13(11)22/h5-6,8-10,18H,2-4H2,1H3,(H2,17,20,21)(H2,23,24,25)/b7-5+/t8-,9-,10-/m0/s1. The second-order valence-electron chi connectivity index (χ2n) is 6.15. The van der Waals surface area contributed by atoms with Gasteiger partial charge in [0.2, 0.25) is 11.1 Å². The van der Waals surface area contributed by atoms with Crippen molar-refractivity contribution in [1.29, 1.82) is 0 Å². The first kappa shape index (κ1) is 20.7. The Labute approximate surface area is 163 Å². The van der Waals surface area contributed by atoms with Crippen LogP contribution >= 0.6 is 19.2 Å². The zero-order chi connectivity index (χ0) is 20.5. The van der Waals surface area contributed by atoms with Crippen LogP contribution in [0.3, 0.4) is 0 Å². The number of halogens is 2. The minimum Gasteiger partial charge on any atom is -0.487 e. The van der Waals surface area contributed by atoms with E-state index in [0.717, 1.165) is 6.26 Å². The molecule has 0 aromatic carbocycles. The molecule has 0 spiro atoms. The molecule has 0 unspecified atom stereocenters. The summed E-state index contributed by atoms with van der Waals surface area (Å²) in [5.74, 6) is -1.14. The Morgan fingerprint density at radius 1 is 1.61 bits per heavy atom. The lowest BCUT2D eigenvalue weighted by Gasteiger charge is -2.18. The average Bonchev–Trinajstić information content (AvgIpc) is 3.15. The van der Waals surface area contributed by atoms with Crippen LogP contribution in [0.2, 0.25) is 5.28 Å². The fourth-order valence-corrected chi connectivity index (χ4v) is 3.52. The van der Waals surface area contributed by atoms with E-state index in [9.17, 15) is 18.7 Å². The molecule has 1 aliphatic heterocycles. The summed E-state index contributed by atoms with van der Waals surface area (Å²) < 4.78 is 38.0. The van der Waals surface area contributed by atoms with Gasteiger partial charge < -0.3 is 34.9 Å². The van der Waals surface area contributed by atoms with Crippen LogP contribution in [0.1, 0.15) is 6.42 Å². The number of nitrogens with two attached hydrogens (primary N) is 1. The van der Waals surface area contributed by atoms with Gasteiger partial charge in [0, 0.05) is 13.0 Å². The number of nitrogens with one attached hydrogen (secondary N) is 1. The van der Waals surface area contributed by atoms with Crippen molar-refractivity contribution >= 4 is 36.2 Å². The van der Waals surface area contributed by atoms with Crippen LogP contribution in [0.25, 0.3) is 11.2 Å². The van der Waals surface area contributed by atoms with Gasteiger partial charge in [0.15, 0.2) is 11.5 Å². The normalized spacial score (nSPS) is 22.5. The summed E-state index contributed by atoms with van der Waals surface area (Å²) in [5.41, 5.74) is 6.43. The lowest BCUT2D eigenvalue weighted by molar-refractivity contribution is 0.0852. The van der Waals surface area contributed by atoms with Gasteiger partial charge in [0.1, 0.15) is 29.8 Å². The van der Waals surface area contributed by atoms with Crippen molar-refractivity contribution in [3.63, 3.8) is 0 Å². The van der Waals surface area contributed by atoms with E-state index in [2.05, 4.69) is 20.3 Å². The maximum absolute atomic E-state index is 14.4. The topological polar surface area (TPSA) is 158 Å². The highest BCUT2D eigenvalue weighted by Crippen LogP contribution is 2.42. The van der Waals surface area contributed by atoms with Gasteiger partial charge in [0.25, 0.3) is 0 Å². The summed E-state index contributed by atoms with van der Waals surface area (Å²) in [7, 11) is -2.97. The minimum absolute atomic E-state index is 0.0575. The van der Waals surface area contributed by atoms with Crippen molar-refractivity contribution in [2.45, 2.75) is 31.1 Å². The molecule has 3 atom stereocenters. The number of likely N-dealkylation sites (N-methyl/N-ethyl adjacent to an activating group) is 1. The van der Waals surface area contributed by atoms with Crippen LogP contribution in [-0.2, 0) is 20.6 Å². The maximum atomic E-state index is 14.4. The minimum atomic E-state index is -4.49. The fraction of sp³-hybridized carbons (Fsp3) is 0.500. The number of anilines is 1. The number of allylic oxidation sites excluding steroid dienone is 1. The van der Waals surface area contributed by atoms with E-state index in [1.54, 1.807) is 4.57 Å². The van der Waals surface area contributed by atoms with E-state index >= 15 is 0 Å². The Bertz CT molecular complexity index is 936. The van der Waals surface area contributed by atoms with Gasteiger partial charge in [-0.1, -0.05) is 0 Å². The van der Waals surface area contributed by atoms with Crippen LogP contribution in [0.4, 0.5) is 10.2 Å². The van der Waals surface area contributed by atoms with Crippen molar-refractivity contribution in [1.82, 2.24) is 24.8 Å². The number of ether oxygens (including phenoxy) is 2. The van der Waals surface area contributed by atoms with Gasteiger partial charge >= 0.3 is 7.60 Å². The highest BCUT2D eigenvalue weighted by molar-refractivity contribution is 7.52. The first-order valence-corrected chi connectivity index (χ1v) is 10.2. The van der Waals surface area contributed by atoms with Crippen molar-refractivity contribution in [3.8, 4) is 0 Å².